The minimum Gasteiger partial charge on any atom is -0.376 e. The Morgan fingerprint density at radius 1 is 1.31 bits per heavy atom. The Morgan fingerprint density at radius 3 is 2.90 bits per heavy atom. The number of nitrogens with zero attached hydrogens (tertiary/aromatic N) is 1. The molecular formula is C22H23N3O3S. The number of carbonyl (C=O) groups is 1. The maximum absolute atomic E-state index is 13.2. The average molecular weight is 410 g/mol. The van der Waals surface area contributed by atoms with Crippen LogP contribution in [0.4, 0.5) is 0 Å². The summed E-state index contributed by atoms with van der Waals surface area (Å²) in [5.41, 5.74) is 3.66. The van der Waals surface area contributed by atoms with Crippen molar-refractivity contribution in [3.05, 3.63) is 68.2 Å². The Bertz CT molecular complexity index is 1210. The van der Waals surface area contributed by atoms with Crippen molar-refractivity contribution in [2.45, 2.75) is 32.8 Å². The third kappa shape index (κ3) is 3.75. The van der Waals surface area contributed by atoms with Gasteiger partial charge in [-0.15, -0.1) is 0 Å². The molecule has 0 spiro atoms. The van der Waals surface area contributed by atoms with Gasteiger partial charge in [-0.1, -0.05) is 12.1 Å². The normalized spacial score (nSPS) is 16.3. The van der Waals surface area contributed by atoms with E-state index in [-0.39, 0.29) is 17.6 Å². The number of rotatable bonds is 4. The highest BCUT2D eigenvalue weighted by atomic mass is 32.1. The van der Waals surface area contributed by atoms with Crippen LogP contribution in [-0.2, 0) is 4.74 Å². The second-order valence-electron chi connectivity index (χ2n) is 7.40. The van der Waals surface area contributed by atoms with Crippen molar-refractivity contribution in [1.29, 1.82) is 0 Å². The van der Waals surface area contributed by atoms with Crippen molar-refractivity contribution in [1.82, 2.24) is 14.9 Å². The molecule has 6 nitrogen and oxygen atoms in total. The van der Waals surface area contributed by atoms with Crippen LogP contribution in [-0.4, -0.2) is 34.7 Å². The molecular weight excluding hydrogens is 386 g/mol. The zero-order valence-electron chi connectivity index (χ0n) is 16.5. The summed E-state index contributed by atoms with van der Waals surface area (Å²) in [6.45, 7) is 5.21. The number of H-pyrrole nitrogens is 1. The fourth-order valence-corrected chi connectivity index (χ4v) is 3.96. The largest absolute Gasteiger partial charge is 0.376 e. The Morgan fingerprint density at radius 2 is 2.14 bits per heavy atom. The molecule has 1 saturated heterocycles. The van der Waals surface area contributed by atoms with Crippen LogP contribution in [0.1, 0.15) is 34.3 Å². The summed E-state index contributed by atoms with van der Waals surface area (Å²) in [6.07, 6.45) is 2.07. The number of carbonyl (C=O) groups excluding carboxylic acids is 1. The van der Waals surface area contributed by atoms with Crippen molar-refractivity contribution < 1.29 is 9.53 Å². The van der Waals surface area contributed by atoms with Crippen LogP contribution in [0.15, 0.2) is 41.2 Å². The molecule has 2 N–H and O–H groups in total. The zero-order valence-corrected chi connectivity index (χ0v) is 17.3. The van der Waals surface area contributed by atoms with E-state index in [9.17, 15) is 9.59 Å². The number of benzene rings is 2. The van der Waals surface area contributed by atoms with Crippen LogP contribution >= 0.6 is 12.2 Å². The van der Waals surface area contributed by atoms with Gasteiger partial charge in [0, 0.05) is 18.7 Å². The molecule has 1 amide bonds. The molecule has 1 atom stereocenters. The van der Waals surface area contributed by atoms with Gasteiger partial charge in [-0.05, 0) is 74.3 Å². The number of aromatic nitrogens is 2. The fourth-order valence-electron chi connectivity index (χ4n) is 3.67. The Hall–Kier alpha value is -2.77. The molecule has 1 aliphatic rings. The van der Waals surface area contributed by atoms with Gasteiger partial charge in [0.15, 0.2) is 4.77 Å². The highest BCUT2D eigenvalue weighted by Gasteiger charge is 2.17. The van der Waals surface area contributed by atoms with Gasteiger partial charge >= 0.3 is 0 Å². The number of aryl methyl sites for hydroxylation is 1. The highest BCUT2D eigenvalue weighted by molar-refractivity contribution is 7.71. The van der Waals surface area contributed by atoms with Crippen molar-refractivity contribution in [2.24, 2.45) is 0 Å². The summed E-state index contributed by atoms with van der Waals surface area (Å²) < 4.78 is 7.35. The highest BCUT2D eigenvalue weighted by Crippen LogP contribution is 2.18. The van der Waals surface area contributed by atoms with E-state index in [0.29, 0.717) is 27.8 Å². The summed E-state index contributed by atoms with van der Waals surface area (Å²) in [4.78, 5) is 28.8. The SMILES string of the molecule is Cc1cccc(-n2c(=S)[nH]c3cc(C(=O)NCC4CCCO4)ccc3c2=O)c1C. The number of amides is 1. The fraction of sp³-hybridized carbons (Fsp3) is 0.318. The zero-order chi connectivity index (χ0) is 20.5. The average Bonchev–Trinajstić information content (AvgIpc) is 3.22. The summed E-state index contributed by atoms with van der Waals surface area (Å²) in [7, 11) is 0. The summed E-state index contributed by atoms with van der Waals surface area (Å²) in [6, 6.07) is 10.8. The Balaban J connectivity index is 1.70. The van der Waals surface area contributed by atoms with E-state index >= 15 is 0 Å². The molecule has 3 aromatic rings. The van der Waals surface area contributed by atoms with Gasteiger partial charge < -0.3 is 15.0 Å². The van der Waals surface area contributed by atoms with Crippen molar-refractivity contribution >= 4 is 29.0 Å². The van der Waals surface area contributed by atoms with E-state index in [4.69, 9.17) is 17.0 Å². The van der Waals surface area contributed by atoms with Gasteiger partial charge in [0.05, 0.1) is 22.7 Å². The number of ether oxygens (including phenoxy) is 1. The maximum atomic E-state index is 13.2. The van der Waals surface area contributed by atoms with Crippen molar-refractivity contribution in [2.75, 3.05) is 13.2 Å². The number of nitrogens with one attached hydrogen (secondary N) is 2. The Labute approximate surface area is 173 Å². The van der Waals surface area contributed by atoms with E-state index < -0.39 is 0 Å². The first-order valence-electron chi connectivity index (χ1n) is 9.71. The van der Waals surface area contributed by atoms with E-state index in [0.717, 1.165) is 36.3 Å². The first-order chi connectivity index (χ1) is 14.0. The second-order valence-corrected chi connectivity index (χ2v) is 7.78. The second kappa shape index (κ2) is 7.93. The maximum Gasteiger partial charge on any atom is 0.266 e. The molecule has 0 saturated carbocycles. The van der Waals surface area contributed by atoms with E-state index in [1.54, 1.807) is 18.2 Å². The molecule has 29 heavy (non-hydrogen) atoms. The van der Waals surface area contributed by atoms with Gasteiger partial charge in [0.25, 0.3) is 11.5 Å². The summed E-state index contributed by atoms with van der Waals surface area (Å²) in [5.74, 6) is -0.194. The molecule has 0 aliphatic carbocycles. The van der Waals surface area contributed by atoms with Gasteiger partial charge in [-0.3, -0.25) is 14.2 Å². The minimum atomic E-state index is -0.205. The first-order valence-corrected chi connectivity index (χ1v) is 10.1. The third-order valence-electron chi connectivity index (χ3n) is 5.49. The number of hydrogen-bond acceptors (Lipinski definition) is 4. The van der Waals surface area contributed by atoms with Crippen LogP contribution in [0, 0.1) is 18.6 Å². The lowest BCUT2D eigenvalue weighted by Crippen LogP contribution is -2.31. The molecule has 7 heteroatoms. The van der Waals surface area contributed by atoms with Crippen LogP contribution in [0.2, 0.25) is 0 Å². The molecule has 1 aliphatic heterocycles. The molecule has 0 bridgehead atoms. The monoisotopic (exact) mass is 409 g/mol. The van der Waals surface area contributed by atoms with Crippen LogP contribution in [0.3, 0.4) is 0 Å². The van der Waals surface area contributed by atoms with Crippen LogP contribution in [0.5, 0.6) is 0 Å². The van der Waals surface area contributed by atoms with Gasteiger partial charge in [-0.2, -0.15) is 0 Å². The van der Waals surface area contributed by atoms with Gasteiger partial charge in [-0.25, -0.2) is 0 Å². The van der Waals surface area contributed by atoms with Gasteiger partial charge in [0.2, 0.25) is 0 Å². The lowest BCUT2D eigenvalue weighted by atomic mass is 10.1. The molecule has 1 unspecified atom stereocenters. The van der Waals surface area contributed by atoms with Crippen molar-refractivity contribution in [3.8, 4) is 5.69 Å². The third-order valence-corrected chi connectivity index (χ3v) is 5.78. The smallest absolute Gasteiger partial charge is 0.266 e. The standard InChI is InChI=1S/C22H23N3O3S/c1-13-5-3-7-19(14(13)2)25-21(27)17-9-8-15(11-18(17)24-22(25)29)20(26)23-12-16-6-4-10-28-16/h3,5,7-9,11,16H,4,6,10,12H2,1-2H3,(H,23,26)(H,24,29). The van der Waals surface area contributed by atoms with Crippen LogP contribution < -0.4 is 10.9 Å². The van der Waals surface area contributed by atoms with E-state index in [2.05, 4.69) is 10.3 Å². The molecule has 0 radical (unpaired) electrons. The molecule has 4 rings (SSSR count). The first kappa shape index (κ1) is 19.5. The van der Waals surface area contributed by atoms with Gasteiger partial charge in [0.1, 0.15) is 0 Å². The molecule has 2 heterocycles. The molecule has 2 aromatic carbocycles. The lowest BCUT2D eigenvalue weighted by Gasteiger charge is -2.13. The molecule has 1 fully saturated rings. The summed E-state index contributed by atoms with van der Waals surface area (Å²) >= 11 is 5.47. The Kier molecular flexibility index (Phi) is 5.34. The molecule has 150 valence electrons. The predicted octanol–water partition coefficient (Wildman–Crippen LogP) is 3.57. The topological polar surface area (TPSA) is 76.1 Å². The number of hydrogen-bond donors (Lipinski definition) is 2. The number of aromatic amines is 1. The van der Waals surface area contributed by atoms with E-state index in [1.807, 2.05) is 32.0 Å². The van der Waals surface area contributed by atoms with Crippen LogP contribution in [0.25, 0.3) is 16.6 Å². The quantitative estimate of drug-likeness (QED) is 0.646. The predicted molar refractivity (Wildman–Crippen MR) is 116 cm³/mol. The van der Waals surface area contributed by atoms with E-state index in [1.165, 1.54) is 4.57 Å². The minimum absolute atomic E-state index is 0.0787. The number of fused-ring (bicyclic) bond motifs is 1. The molecule has 1 aromatic heterocycles. The van der Waals surface area contributed by atoms with Crippen molar-refractivity contribution in [3.63, 3.8) is 0 Å². The lowest BCUT2D eigenvalue weighted by molar-refractivity contribution is 0.0858. The summed E-state index contributed by atoms with van der Waals surface area (Å²) in [5, 5.41) is 3.38.